The summed E-state index contributed by atoms with van der Waals surface area (Å²) in [4.78, 5) is 25.8. The zero-order valence-corrected chi connectivity index (χ0v) is 20.8. The molecule has 1 fully saturated rings. The van der Waals surface area contributed by atoms with E-state index in [1.165, 1.54) is 32.1 Å². The maximum absolute atomic E-state index is 13.2. The van der Waals surface area contributed by atoms with E-state index in [4.69, 9.17) is 0 Å². The molecule has 1 aliphatic rings. The van der Waals surface area contributed by atoms with Gasteiger partial charge in [-0.05, 0) is 30.6 Å². The van der Waals surface area contributed by atoms with Gasteiger partial charge in [-0.2, -0.15) is 0 Å². The molecule has 0 bridgehead atoms. The summed E-state index contributed by atoms with van der Waals surface area (Å²) in [7, 11) is -3.80. The molecule has 2 N–H and O–H groups in total. The molecule has 9 heteroatoms. The Bertz CT molecular complexity index is 660. The molecule has 182 valence electrons. The summed E-state index contributed by atoms with van der Waals surface area (Å²) >= 11 is 0. The van der Waals surface area contributed by atoms with E-state index in [9.17, 15) is 23.2 Å². The third kappa shape index (κ3) is 9.87. The standard InChI is InChI=1S/C22H43N3O5S/c1-17(2)14-15-21(26)25(24(16-18(3)4)31(5,29)30)20(22(27)23-28)13-9-12-19-10-7-6-8-11-19/h17-20,28H,6-16H2,1-5H3,(H,23,27)/t20-/m0/s1. The summed E-state index contributed by atoms with van der Waals surface area (Å²) in [5.74, 6) is -0.336. The third-order valence-corrected chi connectivity index (χ3v) is 6.95. The fourth-order valence-electron chi connectivity index (χ4n) is 4.19. The van der Waals surface area contributed by atoms with Gasteiger partial charge in [0.1, 0.15) is 6.04 Å². The topological polar surface area (TPSA) is 107 Å². The number of sulfonamides is 1. The minimum atomic E-state index is -3.80. The number of hydroxylamine groups is 1. The number of carbonyl (C=O) groups is 2. The van der Waals surface area contributed by atoms with Crippen LogP contribution in [0.3, 0.4) is 0 Å². The molecule has 8 nitrogen and oxygen atoms in total. The van der Waals surface area contributed by atoms with Crippen molar-refractivity contribution in [3.63, 3.8) is 0 Å². The Hall–Kier alpha value is -1.19. The summed E-state index contributed by atoms with van der Waals surface area (Å²) in [5, 5.41) is 10.5. The fourth-order valence-corrected chi connectivity index (χ4v) is 5.28. The van der Waals surface area contributed by atoms with E-state index in [-0.39, 0.29) is 24.8 Å². The molecule has 0 aliphatic heterocycles. The van der Waals surface area contributed by atoms with Crippen molar-refractivity contribution in [2.45, 2.75) is 97.9 Å². The van der Waals surface area contributed by atoms with Gasteiger partial charge in [0.15, 0.2) is 0 Å². The van der Waals surface area contributed by atoms with E-state index >= 15 is 0 Å². The lowest BCUT2D eigenvalue weighted by atomic mass is 9.85. The highest BCUT2D eigenvalue weighted by Crippen LogP contribution is 2.29. The first-order valence-electron chi connectivity index (χ1n) is 11.7. The molecular weight excluding hydrogens is 418 g/mol. The molecule has 1 rings (SSSR count). The Morgan fingerprint density at radius 2 is 1.65 bits per heavy atom. The minimum absolute atomic E-state index is 0.0461. The number of hydrogen-bond donors (Lipinski definition) is 2. The van der Waals surface area contributed by atoms with Crippen LogP contribution in [0.2, 0.25) is 0 Å². The summed E-state index contributed by atoms with van der Waals surface area (Å²) in [5.41, 5.74) is 1.66. The van der Waals surface area contributed by atoms with E-state index in [0.717, 1.165) is 22.1 Å². The van der Waals surface area contributed by atoms with Crippen LogP contribution in [0.15, 0.2) is 0 Å². The highest BCUT2D eigenvalue weighted by Gasteiger charge is 2.38. The number of carbonyl (C=O) groups excluding carboxylic acids is 2. The highest BCUT2D eigenvalue weighted by molar-refractivity contribution is 7.88. The van der Waals surface area contributed by atoms with Crippen molar-refractivity contribution in [3.8, 4) is 0 Å². The van der Waals surface area contributed by atoms with E-state index in [1.807, 2.05) is 27.7 Å². The summed E-state index contributed by atoms with van der Waals surface area (Å²) in [6.45, 7) is 7.78. The average molecular weight is 462 g/mol. The van der Waals surface area contributed by atoms with Gasteiger partial charge in [-0.15, -0.1) is 4.41 Å². The lowest BCUT2D eigenvalue weighted by molar-refractivity contribution is -0.157. The summed E-state index contributed by atoms with van der Waals surface area (Å²) < 4.78 is 26.3. The molecule has 0 heterocycles. The largest absolute Gasteiger partial charge is 0.289 e. The van der Waals surface area contributed by atoms with Crippen LogP contribution in [0, 0.1) is 17.8 Å². The fraction of sp³-hybridized carbons (Fsp3) is 0.909. The van der Waals surface area contributed by atoms with E-state index in [0.29, 0.717) is 25.2 Å². The zero-order chi connectivity index (χ0) is 23.6. The van der Waals surface area contributed by atoms with Gasteiger partial charge in [-0.25, -0.2) is 18.9 Å². The van der Waals surface area contributed by atoms with Gasteiger partial charge in [-0.1, -0.05) is 72.6 Å². The highest BCUT2D eigenvalue weighted by atomic mass is 32.2. The zero-order valence-electron chi connectivity index (χ0n) is 20.0. The number of hydrazine groups is 1. The van der Waals surface area contributed by atoms with Crippen molar-refractivity contribution in [2.24, 2.45) is 17.8 Å². The van der Waals surface area contributed by atoms with Gasteiger partial charge in [0.2, 0.25) is 15.9 Å². The van der Waals surface area contributed by atoms with Crippen molar-refractivity contribution in [2.75, 3.05) is 12.8 Å². The Kier molecular flexibility index (Phi) is 12.0. The quantitative estimate of drug-likeness (QED) is 0.321. The minimum Gasteiger partial charge on any atom is -0.289 e. The Morgan fingerprint density at radius 1 is 1.03 bits per heavy atom. The maximum Gasteiger partial charge on any atom is 0.267 e. The van der Waals surface area contributed by atoms with E-state index in [1.54, 1.807) is 5.48 Å². The second kappa shape index (κ2) is 13.4. The van der Waals surface area contributed by atoms with E-state index < -0.39 is 27.9 Å². The van der Waals surface area contributed by atoms with Gasteiger partial charge in [0.05, 0.1) is 6.26 Å². The second-order valence-corrected chi connectivity index (χ2v) is 11.6. The van der Waals surface area contributed by atoms with Crippen LogP contribution in [0.4, 0.5) is 0 Å². The number of hydrogen-bond acceptors (Lipinski definition) is 5. The predicted molar refractivity (Wildman–Crippen MR) is 121 cm³/mol. The Morgan fingerprint density at radius 3 is 2.13 bits per heavy atom. The third-order valence-electron chi connectivity index (χ3n) is 5.86. The maximum atomic E-state index is 13.2. The van der Waals surface area contributed by atoms with Crippen molar-refractivity contribution >= 4 is 21.8 Å². The second-order valence-electron chi connectivity index (χ2n) is 9.76. The van der Waals surface area contributed by atoms with Crippen LogP contribution < -0.4 is 5.48 Å². The number of nitrogens with zero attached hydrogens (tertiary/aromatic N) is 2. The van der Waals surface area contributed by atoms with Crippen molar-refractivity contribution < 1.29 is 23.2 Å². The van der Waals surface area contributed by atoms with Gasteiger partial charge >= 0.3 is 0 Å². The smallest absolute Gasteiger partial charge is 0.267 e. The van der Waals surface area contributed by atoms with Crippen LogP contribution in [0.5, 0.6) is 0 Å². The molecule has 1 aliphatic carbocycles. The van der Waals surface area contributed by atoms with Gasteiger partial charge in [0.25, 0.3) is 5.91 Å². The van der Waals surface area contributed by atoms with Gasteiger partial charge in [0, 0.05) is 13.0 Å². The Balaban J connectivity index is 3.15. The number of amides is 2. The molecular formula is C22H43N3O5S. The molecule has 0 spiro atoms. The van der Waals surface area contributed by atoms with Gasteiger partial charge < -0.3 is 0 Å². The van der Waals surface area contributed by atoms with Gasteiger partial charge in [-0.3, -0.25) is 14.8 Å². The predicted octanol–water partition coefficient (Wildman–Crippen LogP) is 3.71. The summed E-state index contributed by atoms with van der Waals surface area (Å²) in [6.07, 6.45) is 9.78. The molecule has 1 atom stereocenters. The molecule has 0 unspecified atom stereocenters. The molecule has 0 aromatic heterocycles. The van der Waals surface area contributed by atoms with Crippen molar-refractivity contribution in [1.29, 1.82) is 0 Å². The SMILES string of the molecule is CC(C)CCC(=O)N([C@@H](CCCC1CCCCC1)C(=O)NO)N(CC(C)C)S(C)(=O)=O. The lowest BCUT2D eigenvalue weighted by Gasteiger charge is -2.39. The molecule has 2 amide bonds. The first-order chi connectivity index (χ1) is 14.5. The molecule has 0 aromatic rings. The summed E-state index contributed by atoms with van der Waals surface area (Å²) in [6, 6.07) is -1.07. The lowest BCUT2D eigenvalue weighted by Crippen LogP contribution is -2.59. The molecule has 0 saturated heterocycles. The number of rotatable bonds is 13. The number of nitrogens with one attached hydrogen (secondary N) is 1. The first kappa shape index (κ1) is 27.8. The molecule has 1 saturated carbocycles. The van der Waals surface area contributed by atoms with E-state index in [2.05, 4.69) is 0 Å². The van der Waals surface area contributed by atoms with Crippen LogP contribution in [0.25, 0.3) is 0 Å². The molecule has 0 radical (unpaired) electrons. The van der Waals surface area contributed by atoms with Crippen LogP contribution >= 0.6 is 0 Å². The Labute approximate surface area is 188 Å². The van der Waals surface area contributed by atoms with Crippen molar-refractivity contribution in [3.05, 3.63) is 0 Å². The molecule has 0 aromatic carbocycles. The first-order valence-corrected chi connectivity index (χ1v) is 13.6. The van der Waals surface area contributed by atoms with Crippen LogP contribution in [-0.4, -0.2) is 53.7 Å². The van der Waals surface area contributed by atoms with Crippen LogP contribution in [0.1, 0.15) is 91.9 Å². The normalized spacial score (nSPS) is 16.7. The monoisotopic (exact) mass is 461 g/mol. The van der Waals surface area contributed by atoms with Crippen molar-refractivity contribution in [1.82, 2.24) is 14.9 Å². The average Bonchev–Trinajstić information content (AvgIpc) is 2.69. The molecule has 31 heavy (non-hydrogen) atoms. The van der Waals surface area contributed by atoms with Crippen LogP contribution in [-0.2, 0) is 19.6 Å².